The standard InChI is InChI=1S/C24H31N3O2S/c1-16(2)26-11-10-18(15-26)14-25-24(29)20-13-22(28)27(19-8-6-17(3)7-9-19)23(20)21-5-4-12-30-21/h4-9,12,16,18,20,23H,10-11,13-15H2,1-3H3,(H,25,29). The third-order valence-electron chi connectivity index (χ3n) is 6.42. The minimum Gasteiger partial charge on any atom is -0.355 e. The summed E-state index contributed by atoms with van der Waals surface area (Å²) in [7, 11) is 0. The molecular weight excluding hydrogens is 394 g/mol. The second-order valence-corrected chi connectivity index (χ2v) is 9.84. The van der Waals surface area contributed by atoms with Gasteiger partial charge in [0.25, 0.3) is 0 Å². The number of carbonyl (C=O) groups excluding carboxylic acids is 2. The number of nitrogens with zero attached hydrogens (tertiary/aromatic N) is 2. The first kappa shape index (κ1) is 21.1. The molecule has 2 fully saturated rings. The number of anilines is 1. The van der Waals surface area contributed by atoms with Crippen molar-refractivity contribution in [1.82, 2.24) is 10.2 Å². The Hall–Kier alpha value is -2.18. The van der Waals surface area contributed by atoms with E-state index in [0.29, 0.717) is 18.5 Å². The number of benzene rings is 1. The predicted molar refractivity (Wildman–Crippen MR) is 122 cm³/mol. The number of nitrogens with one attached hydrogen (secondary N) is 1. The van der Waals surface area contributed by atoms with Crippen LogP contribution in [-0.2, 0) is 9.59 Å². The highest BCUT2D eigenvalue weighted by Gasteiger charge is 2.45. The van der Waals surface area contributed by atoms with Crippen LogP contribution in [0, 0.1) is 18.8 Å². The Balaban J connectivity index is 1.50. The Labute approximate surface area is 183 Å². The number of amides is 2. The smallest absolute Gasteiger partial charge is 0.228 e. The van der Waals surface area contributed by atoms with Crippen LogP contribution in [0.1, 0.15) is 43.2 Å². The first-order valence-corrected chi connectivity index (χ1v) is 11.8. The molecule has 2 amide bonds. The van der Waals surface area contributed by atoms with Crippen LogP contribution in [0.5, 0.6) is 0 Å². The molecule has 2 aliphatic heterocycles. The van der Waals surface area contributed by atoms with Crippen molar-refractivity contribution in [3.05, 3.63) is 52.2 Å². The van der Waals surface area contributed by atoms with E-state index < -0.39 is 0 Å². The van der Waals surface area contributed by atoms with Gasteiger partial charge in [0.1, 0.15) is 0 Å². The summed E-state index contributed by atoms with van der Waals surface area (Å²) in [6.07, 6.45) is 1.37. The Bertz CT molecular complexity index is 878. The van der Waals surface area contributed by atoms with Crippen molar-refractivity contribution in [2.45, 2.75) is 45.7 Å². The highest BCUT2D eigenvalue weighted by molar-refractivity contribution is 7.10. The normalized spacial score (nSPS) is 24.7. The monoisotopic (exact) mass is 425 g/mol. The van der Waals surface area contributed by atoms with Gasteiger partial charge in [0.05, 0.1) is 12.0 Å². The average Bonchev–Trinajstić information content (AvgIpc) is 3.46. The molecule has 30 heavy (non-hydrogen) atoms. The van der Waals surface area contributed by atoms with Gasteiger partial charge in [0, 0.05) is 36.1 Å². The van der Waals surface area contributed by atoms with Crippen LogP contribution in [0.4, 0.5) is 5.69 Å². The predicted octanol–water partition coefficient (Wildman–Crippen LogP) is 4.00. The summed E-state index contributed by atoms with van der Waals surface area (Å²) in [6.45, 7) is 9.29. The fourth-order valence-corrected chi connectivity index (χ4v) is 5.52. The Morgan fingerprint density at radius 2 is 2.00 bits per heavy atom. The summed E-state index contributed by atoms with van der Waals surface area (Å²) in [6, 6.07) is 12.3. The second kappa shape index (κ2) is 8.90. The van der Waals surface area contributed by atoms with Gasteiger partial charge in [-0.2, -0.15) is 0 Å². The quantitative estimate of drug-likeness (QED) is 0.761. The molecule has 2 aromatic rings. The van der Waals surface area contributed by atoms with Gasteiger partial charge in [-0.05, 0) is 63.2 Å². The molecule has 0 radical (unpaired) electrons. The van der Waals surface area contributed by atoms with Gasteiger partial charge in [-0.3, -0.25) is 9.59 Å². The van der Waals surface area contributed by atoms with E-state index in [0.717, 1.165) is 35.6 Å². The maximum absolute atomic E-state index is 13.2. The molecule has 0 saturated carbocycles. The van der Waals surface area contributed by atoms with Crippen LogP contribution in [0.3, 0.4) is 0 Å². The SMILES string of the molecule is Cc1ccc(N2C(=O)CC(C(=O)NCC3CCN(C(C)C)C3)C2c2cccs2)cc1. The minimum atomic E-state index is -0.361. The number of carbonyl (C=O) groups is 2. The topological polar surface area (TPSA) is 52.7 Å². The number of likely N-dealkylation sites (tertiary alicyclic amines) is 1. The van der Waals surface area contributed by atoms with E-state index in [9.17, 15) is 9.59 Å². The average molecular weight is 426 g/mol. The molecule has 1 aromatic carbocycles. The molecule has 4 rings (SSSR count). The molecule has 1 N–H and O–H groups in total. The summed E-state index contributed by atoms with van der Waals surface area (Å²) < 4.78 is 0. The largest absolute Gasteiger partial charge is 0.355 e. The first-order chi connectivity index (χ1) is 14.4. The van der Waals surface area contributed by atoms with Gasteiger partial charge < -0.3 is 15.1 Å². The molecule has 0 aliphatic carbocycles. The molecule has 5 nitrogen and oxygen atoms in total. The van der Waals surface area contributed by atoms with Crippen LogP contribution < -0.4 is 10.2 Å². The first-order valence-electron chi connectivity index (χ1n) is 10.9. The number of hydrogen-bond donors (Lipinski definition) is 1. The second-order valence-electron chi connectivity index (χ2n) is 8.86. The summed E-state index contributed by atoms with van der Waals surface area (Å²) in [4.78, 5) is 31.6. The van der Waals surface area contributed by atoms with Crippen LogP contribution in [0.25, 0.3) is 0 Å². The lowest BCUT2D eigenvalue weighted by molar-refractivity contribution is -0.126. The van der Waals surface area contributed by atoms with E-state index in [1.54, 1.807) is 11.3 Å². The molecule has 1 aromatic heterocycles. The third kappa shape index (κ3) is 4.30. The van der Waals surface area contributed by atoms with Crippen molar-refractivity contribution >= 4 is 28.8 Å². The highest BCUT2D eigenvalue weighted by atomic mass is 32.1. The molecule has 3 atom stereocenters. The zero-order valence-corrected chi connectivity index (χ0v) is 18.8. The minimum absolute atomic E-state index is 0.000594. The van der Waals surface area contributed by atoms with E-state index >= 15 is 0 Å². The Morgan fingerprint density at radius 1 is 1.23 bits per heavy atom. The van der Waals surface area contributed by atoms with E-state index in [1.165, 1.54) is 0 Å². The van der Waals surface area contributed by atoms with Gasteiger partial charge in [0.15, 0.2) is 0 Å². The lowest BCUT2D eigenvalue weighted by Crippen LogP contribution is -2.38. The van der Waals surface area contributed by atoms with E-state index in [1.807, 2.05) is 53.6 Å². The van der Waals surface area contributed by atoms with Gasteiger partial charge >= 0.3 is 0 Å². The van der Waals surface area contributed by atoms with Gasteiger partial charge in [0.2, 0.25) is 11.8 Å². The maximum Gasteiger partial charge on any atom is 0.228 e. The highest BCUT2D eigenvalue weighted by Crippen LogP contribution is 2.43. The van der Waals surface area contributed by atoms with Crippen LogP contribution >= 0.6 is 11.3 Å². The molecule has 0 bridgehead atoms. The van der Waals surface area contributed by atoms with E-state index in [4.69, 9.17) is 0 Å². The lowest BCUT2D eigenvalue weighted by atomic mass is 9.97. The molecule has 3 unspecified atom stereocenters. The van der Waals surface area contributed by atoms with Crippen molar-refractivity contribution in [2.75, 3.05) is 24.5 Å². The Morgan fingerprint density at radius 3 is 2.63 bits per heavy atom. The van der Waals surface area contributed by atoms with Gasteiger partial charge in [-0.1, -0.05) is 23.8 Å². The molecular formula is C24H31N3O2S. The fourth-order valence-electron chi connectivity index (χ4n) is 4.64. The van der Waals surface area contributed by atoms with Gasteiger partial charge in [-0.25, -0.2) is 0 Å². The van der Waals surface area contributed by atoms with Crippen molar-refractivity contribution in [1.29, 1.82) is 0 Å². The van der Waals surface area contributed by atoms with Gasteiger partial charge in [-0.15, -0.1) is 11.3 Å². The summed E-state index contributed by atoms with van der Waals surface area (Å²) in [5.74, 6) is 0.144. The van der Waals surface area contributed by atoms with Crippen LogP contribution in [-0.4, -0.2) is 42.4 Å². The molecule has 6 heteroatoms. The molecule has 0 spiro atoms. The van der Waals surface area contributed by atoms with Crippen molar-refractivity contribution < 1.29 is 9.59 Å². The van der Waals surface area contributed by atoms with E-state index in [-0.39, 0.29) is 30.2 Å². The van der Waals surface area contributed by atoms with Crippen molar-refractivity contribution in [2.24, 2.45) is 11.8 Å². The van der Waals surface area contributed by atoms with E-state index in [2.05, 4.69) is 24.1 Å². The summed E-state index contributed by atoms with van der Waals surface area (Å²) in [5, 5.41) is 5.19. The Kier molecular flexibility index (Phi) is 6.25. The van der Waals surface area contributed by atoms with Crippen molar-refractivity contribution in [3.8, 4) is 0 Å². The maximum atomic E-state index is 13.2. The lowest BCUT2D eigenvalue weighted by Gasteiger charge is -2.27. The molecule has 3 heterocycles. The molecule has 2 aliphatic rings. The van der Waals surface area contributed by atoms with Crippen LogP contribution in [0.2, 0.25) is 0 Å². The molecule has 2 saturated heterocycles. The fraction of sp³-hybridized carbons (Fsp3) is 0.500. The van der Waals surface area contributed by atoms with Crippen LogP contribution in [0.15, 0.2) is 41.8 Å². The number of thiophene rings is 1. The number of aryl methyl sites for hydroxylation is 1. The molecule has 160 valence electrons. The zero-order chi connectivity index (χ0) is 21.3. The van der Waals surface area contributed by atoms with Crippen molar-refractivity contribution in [3.63, 3.8) is 0 Å². The third-order valence-corrected chi connectivity index (χ3v) is 7.36. The summed E-state index contributed by atoms with van der Waals surface area (Å²) in [5.41, 5.74) is 2.02. The number of hydrogen-bond acceptors (Lipinski definition) is 4. The number of rotatable bonds is 6. The zero-order valence-electron chi connectivity index (χ0n) is 18.0. The summed E-state index contributed by atoms with van der Waals surface area (Å²) >= 11 is 1.61.